The first-order valence-corrected chi connectivity index (χ1v) is 6.74. The van der Waals surface area contributed by atoms with Gasteiger partial charge in [0, 0.05) is 0 Å². The summed E-state index contributed by atoms with van der Waals surface area (Å²) in [5.74, 6) is -3.72. The summed E-state index contributed by atoms with van der Waals surface area (Å²) in [4.78, 5) is 42.0. The normalized spacial score (nSPS) is 15.0. The first-order chi connectivity index (χ1) is 11.0. The number of ether oxygens (including phenoxy) is 2. The van der Waals surface area contributed by atoms with E-state index in [4.69, 9.17) is 33.1 Å². The lowest BCUT2D eigenvalue weighted by Gasteiger charge is -2.15. The highest BCUT2D eigenvalue weighted by molar-refractivity contribution is 5.89. The third-order valence-corrected chi connectivity index (χ3v) is 2.45. The van der Waals surface area contributed by atoms with Crippen LogP contribution in [-0.2, 0) is 28.7 Å². The van der Waals surface area contributed by atoms with Crippen LogP contribution < -0.4 is 22.9 Å². The maximum absolute atomic E-state index is 10.8. The molecule has 0 aromatic carbocycles. The van der Waals surface area contributed by atoms with Crippen LogP contribution in [0.1, 0.15) is 13.8 Å². The quantitative estimate of drug-likeness (QED) is 0.190. The number of carbonyl (C=O) groups is 4. The first-order valence-electron chi connectivity index (χ1n) is 6.74. The monoisotopic (exact) mass is 352 g/mol. The summed E-state index contributed by atoms with van der Waals surface area (Å²) in [5.41, 5.74) is 20.1. The van der Waals surface area contributed by atoms with Gasteiger partial charge < -0.3 is 42.6 Å². The van der Waals surface area contributed by atoms with Crippen molar-refractivity contribution in [1.29, 1.82) is 0 Å². The smallest absolute Gasteiger partial charge is 0.333 e. The maximum Gasteiger partial charge on any atom is 0.333 e. The number of carbonyl (C=O) groups excluding carboxylic acids is 3. The molecule has 12 heteroatoms. The van der Waals surface area contributed by atoms with Crippen molar-refractivity contribution in [1.82, 2.24) is 0 Å². The Morgan fingerprint density at radius 2 is 1.42 bits per heavy atom. The van der Waals surface area contributed by atoms with Gasteiger partial charge in [-0.2, -0.15) is 0 Å². The van der Waals surface area contributed by atoms with Gasteiger partial charge in [0.1, 0.15) is 18.2 Å². The van der Waals surface area contributed by atoms with Gasteiger partial charge in [0.05, 0.1) is 19.2 Å². The number of nitrogens with two attached hydrogens (primary N) is 4. The second-order valence-corrected chi connectivity index (χ2v) is 4.53. The van der Waals surface area contributed by atoms with Crippen LogP contribution in [0.3, 0.4) is 0 Å². The van der Waals surface area contributed by atoms with E-state index in [2.05, 4.69) is 9.47 Å². The predicted octanol–water partition coefficient (Wildman–Crippen LogP) is -3.99. The topological polar surface area (TPSA) is 231 Å². The number of aliphatic carboxylic acids is 1. The molecule has 0 spiro atoms. The van der Waals surface area contributed by atoms with Gasteiger partial charge in [0.2, 0.25) is 0 Å². The van der Waals surface area contributed by atoms with E-state index in [9.17, 15) is 19.2 Å². The number of hydrogen-bond donors (Lipinski definition) is 6. The van der Waals surface area contributed by atoms with E-state index in [0.717, 1.165) is 0 Å². The molecule has 0 unspecified atom stereocenters. The fourth-order valence-corrected chi connectivity index (χ4v) is 0.948. The van der Waals surface area contributed by atoms with E-state index >= 15 is 0 Å². The second-order valence-electron chi connectivity index (χ2n) is 4.53. The fraction of sp³-hybridized carbons (Fsp3) is 0.667. The molecule has 0 aromatic rings. The second kappa shape index (κ2) is 12.3. The molecule has 0 heterocycles. The molecule has 0 aliphatic rings. The number of esters is 3. The van der Waals surface area contributed by atoms with Crippen molar-refractivity contribution in [3.05, 3.63) is 0 Å². The minimum atomic E-state index is -1.22. The summed E-state index contributed by atoms with van der Waals surface area (Å²) in [6.45, 7) is 2.04. The van der Waals surface area contributed by atoms with Crippen LogP contribution in [0.2, 0.25) is 0 Å². The highest BCUT2D eigenvalue weighted by Gasteiger charge is 2.23. The van der Waals surface area contributed by atoms with Crippen molar-refractivity contribution in [3.8, 4) is 0 Å². The molecule has 0 aliphatic carbocycles. The maximum atomic E-state index is 10.8. The average Bonchev–Trinajstić information content (AvgIpc) is 2.52. The van der Waals surface area contributed by atoms with E-state index in [1.54, 1.807) is 0 Å². The number of aliphatic hydroxyl groups is 1. The van der Waals surface area contributed by atoms with Gasteiger partial charge in [0.25, 0.3) is 0 Å². The number of carboxylic acid groups (broad SMARTS) is 1. The lowest BCUT2D eigenvalue weighted by Crippen LogP contribution is -2.43. The van der Waals surface area contributed by atoms with Crippen LogP contribution in [0.5, 0.6) is 0 Å². The first kappa shape index (κ1) is 24.1. The standard InChI is InChI=1S/2C6H12N2O4/c1-3(5(8)6(10)11)12-4(9)2-7;1-3(9)5(8)6(11)12-4(10)2-7/h3,5H,2,7-8H2,1H3,(H,10,11);3,5,9H,2,7-8H2,1H3/t2*3-,5+/m11/s1. The molecular formula is C12H24N4O8. The van der Waals surface area contributed by atoms with Crippen LogP contribution in [0, 0.1) is 0 Å². The Bertz CT molecular complexity index is 443. The summed E-state index contributed by atoms with van der Waals surface area (Å²) in [6.07, 6.45) is -1.92. The van der Waals surface area contributed by atoms with E-state index in [1.807, 2.05) is 0 Å². The van der Waals surface area contributed by atoms with E-state index in [-0.39, 0.29) is 6.54 Å². The van der Waals surface area contributed by atoms with Gasteiger partial charge in [-0.3, -0.25) is 14.4 Å². The molecule has 0 saturated heterocycles. The van der Waals surface area contributed by atoms with Crippen molar-refractivity contribution in [2.75, 3.05) is 13.1 Å². The van der Waals surface area contributed by atoms with Crippen molar-refractivity contribution in [2.45, 2.75) is 38.1 Å². The van der Waals surface area contributed by atoms with Gasteiger partial charge in [-0.05, 0) is 13.8 Å². The number of hydrogen-bond acceptors (Lipinski definition) is 11. The van der Waals surface area contributed by atoms with Gasteiger partial charge in [-0.15, -0.1) is 0 Å². The molecule has 12 nitrogen and oxygen atoms in total. The zero-order valence-corrected chi connectivity index (χ0v) is 13.4. The summed E-state index contributed by atoms with van der Waals surface area (Å²) in [5, 5.41) is 17.2. The predicted molar refractivity (Wildman–Crippen MR) is 80.0 cm³/mol. The van der Waals surface area contributed by atoms with E-state index in [1.165, 1.54) is 13.8 Å². The Hall–Kier alpha value is -2.12. The highest BCUT2D eigenvalue weighted by Crippen LogP contribution is 1.96. The molecule has 140 valence electrons. The summed E-state index contributed by atoms with van der Waals surface area (Å²) >= 11 is 0. The average molecular weight is 352 g/mol. The molecule has 4 atom stereocenters. The lowest BCUT2D eigenvalue weighted by atomic mass is 10.2. The SMILES string of the molecule is C[C@@H](O)[C@H](N)C(=O)OC(=O)CN.C[C@@H](OC(=O)CN)[C@H](N)C(=O)O. The molecular weight excluding hydrogens is 328 g/mol. The molecule has 0 rings (SSSR count). The van der Waals surface area contributed by atoms with Gasteiger partial charge >= 0.3 is 23.9 Å². The Balaban J connectivity index is 0. The molecule has 0 amide bonds. The summed E-state index contributed by atoms with van der Waals surface area (Å²) in [6, 6.07) is -2.42. The van der Waals surface area contributed by atoms with Crippen molar-refractivity contribution >= 4 is 23.9 Å². The molecule has 10 N–H and O–H groups in total. The summed E-state index contributed by atoms with van der Waals surface area (Å²) < 4.78 is 8.69. The zero-order valence-electron chi connectivity index (χ0n) is 13.4. The van der Waals surface area contributed by atoms with Crippen molar-refractivity contribution in [3.63, 3.8) is 0 Å². The van der Waals surface area contributed by atoms with E-state index in [0.29, 0.717) is 0 Å². The van der Waals surface area contributed by atoms with Gasteiger partial charge in [-0.1, -0.05) is 0 Å². The summed E-state index contributed by atoms with van der Waals surface area (Å²) in [7, 11) is 0. The van der Waals surface area contributed by atoms with Crippen LogP contribution in [0.4, 0.5) is 0 Å². The zero-order chi connectivity index (χ0) is 19.4. The lowest BCUT2D eigenvalue weighted by molar-refractivity contribution is -0.161. The Labute approximate surface area is 138 Å². The molecule has 0 fully saturated rings. The Morgan fingerprint density at radius 1 is 0.958 bits per heavy atom. The van der Waals surface area contributed by atoms with Crippen LogP contribution in [0.15, 0.2) is 0 Å². The Kier molecular flexibility index (Phi) is 12.4. The van der Waals surface area contributed by atoms with Crippen LogP contribution in [0.25, 0.3) is 0 Å². The third-order valence-electron chi connectivity index (χ3n) is 2.45. The molecule has 0 bridgehead atoms. The minimum absolute atomic E-state index is 0.281. The van der Waals surface area contributed by atoms with Crippen LogP contribution >= 0.6 is 0 Å². The third kappa shape index (κ3) is 10.6. The number of carboxylic acids is 1. The van der Waals surface area contributed by atoms with Crippen LogP contribution in [-0.4, -0.2) is 71.5 Å². The minimum Gasteiger partial charge on any atom is -0.480 e. The van der Waals surface area contributed by atoms with Gasteiger partial charge in [0.15, 0.2) is 0 Å². The fourth-order valence-electron chi connectivity index (χ4n) is 0.948. The van der Waals surface area contributed by atoms with Crippen molar-refractivity contribution in [2.24, 2.45) is 22.9 Å². The Morgan fingerprint density at radius 3 is 1.75 bits per heavy atom. The number of rotatable bonds is 7. The molecule has 0 saturated carbocycles. The highest BCUT2D eigenvalue weighted by atomic mass is 16.6. The number of aliphatic hydroxyl groups excluding tert-OH is 1. The molecule has 0 radical (unpaired) electrons. The molecule has 0 aliphatic heterocycles. The van der Waals surface area contributed by atoms with Gasteiger partial charge in [-0.25, -0.2) is 4.79 Å². The molecule has 24 heavy (non-hydrogen) atoms. The van der Waals surface area contributed by atoms with Crippen molar-refractivity contribution < 1.29 is 38.9 Å². The largest absolute Gasteiger partial charge is 0.480 e. The molecule has 0 aromatic heterocycles. The van der Waals surface area contributed by atoms with E-state index < -0.39 is 54.7 Å².